The summed E-state index contributed by atoms with van der Waals surface area (Å²) in [5.74, 6) is -0.675. The van der Waals surface area contributed by atoms with Crippen LogP contribution < -0.4 is 10.9 Å². The Morgan fingerprint density at radius 1 is 0.806 bits per heavy atom. The first-order valence-electron chi connectivity index (χ1n) is 9.24. The summed E-state index contributed by atoms with van der Waals surface area (Å²) >= 11 is 1.17. The van der Waals surface area contributed by atoms with Crippen molar-refractivity contribution >= 4 is 36.0 Å². The van der Waals surface area contributed by atoms with E-state index in [0.717, 1.165) is 11.1 Å². The minimum absolute atomic E-state index is 0.337. The van der Waals surface area contributed by atoms with Crippen molar-refractivity contribution in [1.29, 1.82) is 10.5 Å². The van der Waals surface area contributed by atoms with E-state index in [0.29, 0.717) is 11.1 Å². The third-order valence-corrected chi connectivity index (χ3v) is 5.25. The van der Waals surface area contributed by atoms with Gasteiger partial charge in [0.2, 0.25) is 0 Å². The molecule has 0 saturated heterocycles. The van der Waals surface area contributed by atoms with E-state index in [1.54, 1.807) is 62.4 Å². The molecule has 8 nitrogen and oxygen atoms in total. The molecule has 0 fully saturated rings. The van der Waals surface area contributed by atoms with Gasteiger partial charge in [-0.2, -0.15) is 20.7 Å². The van der Waals surface area contributed by atoms with E-state index in [2.05, 4.69) is 21.1 Å². The average molecular weight is 433 g/mol. The Kier molecular flexibility index (Phi) is 8.96. The zero-order valence-corrected chi connectivity index (χ0v) is 17.8. The maximum Gasteiger partial charge on any atom is 0.252 e. The van der Waals surface area contributed by atoms with Gasteiger partial charge < -0.3 is 0 Å². The van der Waals surface area contributed by atoms with Crippen molar-refractivity contribution < 1.29 is 9.59 Å². The number of nitriles is 2. The molecule has 2 aromatic rings. The van der Waals surface area contributed by atoms with Crippen LogP contribution >= 0.6 is 11.8 Å². The number of carbonyl (C=O) groups is 2. The van der Waals surface area contributed by atoms with Gasteiger partial charge in [0.05, 0.1) is 46.2 Å². The van der Waals surface area contributed by atoms with Crippen LogP contribution in [0.2, 0.25) is 0 Å². The Bertz CT molecular complexity index is 964. The van der Waals surface area contributed by atoms with Crippen molar-refractivity contribution in [1.82, 2.24) is 10.9 Å². The van der Waals surface area contributed by atoms with Gasteiger partial charge in [0.15, 0.2) is 0 Å². The molecule has 2 amide bonds. The van der Waals surface area contributed by atoms with Crippen LogP contribution in [0.5, 0.6) is 0 Å². The smallest absolute Gasteiger partial charge is 0.252 e. The second kappa shape index (κ2) is 11.9. The highest BCUT2D eigenvalue weighted by Gasteiger charge is 2.21. The molecule has 0 radical (unpaired) electrons. The summed E-state index contributed by atoms with van der Waals surface area (Å²) < 4.78 is 0. The molecular formula is C22H20N6O2S. The van der Waals surface area contributed by atoms with Crippen LogP contribution in [0, 0.1) is 22.7 Å². The van der Waals surface area contributed by atoms with Gasteiger partial charge in [-0.25, -0.2) is 10.9 Å². The number of nitrogens with zero attached hydrogens (tertiary/aromatic N) is 4. The molecule has 2 atom stereocenters. The topological polar surface area (TPSA) is 130 Å². The zero-order chi connectivity index (χ0) is 22.6. The number of hydrogen-bond donors (Lipinski definition) is 2. The van der Waals surface area contributed by atoms with Crippen molar-refractivity contribution in [3.8, 4) is 12.1 Å². The van der Waals surface area contributed by atoms with Crippen LogP contribution in [0.3, 0.4) is 0 Å². The number of nitrogens with one attached hydrogen (secondary N) is 2. The first-order valence-corrected chi connectivity index (χ1v) is 10.2. The molecular weight excluding hydrogens is 412 g/mol. The lowest BCUT2D eigenvalue weighted by atomic mass is 10.2. The number of carbonyl (C=O) groups excluding carboxylic acids is 2. The fourth-order valence-electron chi connectivity index (χ4n) is 2.24. The molecule has 156 valence electrons. The number of hydrogen-bond acceptors (Lipinski definition) is 7. The van der Waals surface area contributed by atoms with E-state index >= 15 is 0 Å². The molecule has 9 heteroatoms. The molecule has 2 N–H and O–H groups in total. The van der Waals surface area contributed by atoms with Gasteiger partial charge in [-0.1, -0.05) is 24.3 Å². The van der Waals surface area contributed by atoms with Crippen LogP contribution in [-0.4, -0.2) is 34.7 Å². The summed E-state index contributed by atoms with van der Waals surface area (Å²) in [7, 11) is 0. The lowest BCUT2D eigenvalue weighted by Gasteiger charge is -2.14. The molecule has 0 saturated carbocycles. The second-order valence-corrected chi connectivity index (χ2v) is 8.04. The van der Waals surface area contributed by atoms with Gasteiger partial charge in [-0.3, -0.25) is 9.59 Å². The SMILES string of the molecule is CC(SC(C)C(=O)N/N=C/c1ccc(C#N)cc1)C(=O)N/N=C/c1ccc(C#N)cc1. The lowest BCUT2D eigenvalue weighted by Crippen LogP contribution is -2.33. The van der Waals surface area contributed by atoms with E-state index in [1.807, 2.05) is 12.1 Å². The highest BCUT2D eigenvalue weighted by Crippen LogP contribution is 2.17. The summed E-state index contributed by atoms with van der Waals surface area (Å²) in [6.07, 6.45) is 2.95. The first kappa shape index (κ1) is 23.3. The molecule has 0 heterocycles. The van der Waals surface area contributed by atoms with Crippen molar-refractivity contribution in [3.63, 3.8) is 0 Å². The van der Waals surface area contributed by atoms with Crippen molar-refractivity contribution in [2.45, 2.75) is 24.3 Å². The Hall–Kier alpha value is -3.95. The van der Waals surface area contributed by atoms with Crippen LogP contribution in [-0.2, 0) is 9.59 Å². The Balaban J connectivity index is 1.77. The minimum atomic E-state index is -0.513. The summed E-state index contributed by atoms with van der Waals surface area (Å²) in [5.41, 5.74) is 7.45. The van der Waals surface area contributed by atoms with Gasteiger partial charge in [0.1, 0.15) is 0 Å². The van der Waals surface area contributed by atoms with Gasteiger partial charge in [0, 0.05) is 0 Å². The van der Waals surface area contributed by atoms with Crippen molar-refractivity contribution in [3.05, 3.63) is 70.8 Å². The molecule has 2 aromatic carbocycles. The predicted octanol–water partition coefficient (Wildman–Crippen LogP) is 2.54. The minimum Gasteiger partial charge on any atom is -0.272 e. The maximum absolute atomic E-state index is 12.2. The van der Waals surface area contributed by atoms with Gasteiger partial charge in [-0.15, -0.1) is 11.8 Å². The van der Waals surface area contributed by atoms with E-state index < -0.39 is 10.5 Å². The third kappa shape index (κ3) is 7.77. The maximum atomic E-state index is 12.2. The number of hydrazone groups is 2. The highest BCUT2D eigenvalue weighted by atomic mass is 32.2. The van der Waals surface area contributed by atoms with Gasteiger partial charge in [-0.05, 0) is 49.2 Å². The highest BCUT2D eigenvalue weighted by molar-refractivity contribution is 8.01. The molecule has 2 unspecified atom stereocenters. The third-order valence-electron chi connectivity index (χ3n) is 4.00. The van der Waals surface area contributed by atoms with Gasteiger partial charge >= 0.3 is 0 Å². The van der Waals surface area contributed by atoms with Crippen LogP contribution in [0.15, 0.2) is 58.7 Å². The predicted molar refractivity (Wildman–Crippen MR) is 120 cm³/mol. The van der Waals surface area contributed by atoms with E-state index in [4.69, 9.17) is 10.5 Å². The van der Waals surface area contributed by atoms with E-state index in [-0.39, 0.29) is 11.8 Å². The molecule has 0 aromatic heterocycles. The Morgan fingerprint density at radius 2 is 1.16 bits per heavy atom. The van der Waals surface area contributed by atoms with E-state index in [1.165, 1.54) is 24.2 Å². The molecule has 0 aliphatic carbocycles. The zero-order valence-electron chi connectivity index (χ0n) is 16.9. The van der Waals surface area contributed by atoms with Crippen LogP contribution in [0.1, 0.15) is 36.1 Å². The molecule has 0 aliphatic rings. The van der Waals surface area contributed by atoms with Crippen LogP contribution in [0.4, 0.5) is 0 Å². The quantitative estimate of drug-likeness (QED) is 0.489. The number of thioether (sulfide) groups is 1. The van der Waals surface area contributed by atoms with Crippen LogP contribution in [0.25, 0.3) is 0 Å². The fraction of sp³-hybridized carbons (Fsp3) is 0.182. The molecule has 0 aliphatic heterocycles. The number of benzene rings is 2. The molecule has 0 bridgehead atoms. The summed E-state index contributed by atoms with van der Waals surface area (Å²) in [6.45, 7) is 3.36. The lowest BCUT2D eigenvalue weighted by molar-refractivity contribution is -0.120. The normalized spacial score (nSPS) is 12.6. The van der Waals surface area contributed by atoms with Crippen molar-refractivity contribution in [2.75, 3.05) is 0 Å². The fourth-order valence-corrected chi connectivity index (χ4v) is 3.20. The Morgan fingerprint density at radius 3 is 1.48 bits per heavy atom. The largest absolute Gasteiger partial charge is 0.272 e. The summed E-state index contributed by atoms with van der Waals surface area (Å²) in [6, 6.07) is 17.6. The monoisotopic (exact) mass is 432 g/mol. The second-order valence-electron chi connectivity index (χ2n) is 6.36. The summed E-state index contributed by atoms with van der Waals surface area (Å²) in [4.78, 5) is 24.3. The number of amides is 2. The standard InChI is InChI=1S/C22H20N6O2S/c1-15(21(29)27-25-13-19-7-3-17(11-23)4-8-19)31-16(2)22(30)28-26-14-20-9-5-18(12-24)6-10-20/h3-10,13-16H,1-2H3,(H,27,29)(H,28,30)/b25-13+,26-14+. The Labute approximate surface area is 184 Å². The number of rotatable bonds is 8. The first-order chi connectivity index (χ1) is 14.9. The molecule has 31 heavy (non-hydrogen) atoms. The molecule has 0 spiro atoms. The van der Waals surface area contributed by atoms with Gasteiger partial charge in [0.25, 0.3) is 11.8 Å². The summed E-state index contributed by atoms with van der Waals surface area (Å²) in [5, 5.41) is 24.3. The molecule has 2 rings (SSSR count). The van der Waals surface area contributed by atoms with E-state index in [9.17, 15) is 9.59 Å². The van der Waals surface area contributed by atoms with Crippen molar-refractivity contribution in [2.24, 2.45) is 10.2 Å². The average Bonchev–Trinajstić information content (AvgIpc) is 2.79.